The van der Waals surface area contributed by atoms with E-state index in [0.717, 1.165) is 11.3 Å². The Balaban J connectivity index is 1.66. The first kappa shape index (κ1) is 18.9. The number of piperidine rings is 1. The lowest BCUT2D eigenvalue weighted by atomic mass is 9.93. The number of fused-ring (bicyclic) bond motifs is 1. The molecule has 1 amide bonds. The number of rotatable bonds is 5. The summed E-state index contributed by atoms with van der Waals surface area (Å²) in [5.41, 5.74) is 1.28. The number of benzene rings is 1. The monoisotopic (exact) mass is 386 g/mol. The first-order valence-electron chi connectivity index (χ1n) is 10.4. The Hall–Kier alpha value is -1.43. The van der Waals surface area contributed by atoms with Gasteiger partial charge >= 0.3 is 0 Å². The summed E-state index contributed by atoms with van der Waals surface area (Å²) < 4.78 is 6.68. The Labute approximate surface area is 166 Å². The first-order chi connectivity index (χ1) is 13.3. The molecule has 0 bridgehead atoms. The second kappa shape index (κ2) is 8.72. The number of amides is 1. The lowest BCUT2D eigenvalue weighted by molar-refractivity contribution is 0.0305. The molecule has 0 aliphatic carbocycles. The molecule has 2 aliphatic rings. The van der Waals surface area contributed by atoms with Gasteiger partial charge in [-0.25, -0.2) is 0 Å². The Morgan fingerprint density at radius 3 is 2.81 bits per heavy atom. The van der Waals surface area contributed by atoms with E-state index >= 15 is 0 Å². The molecule has 0 radical (unpaired) electrons. The lowest BCUT2D eigenvalue weighted by Crippen LogP contribution is -2.42. The van der Waals surface area contributed by atoms with E-state index in [1.807, 2.05) is 4.90 Å². The lowest BCUT2D eigenvalue weighted by Gasteiger charge is -2.36. The Morgan fingerprint density at radius 1 is 1.19 bits per heavy atom. The van der Waals surface area contributed by atoms with Crippen molar-refractivity contribution >= 4 is 27.3 Å². The van der Waals surface area contributed by atoms with Crippen molar-refractivity contribution in [2.24, 2.45) is 0 Å². The van der Waals surface area contributed by atoms with Crippen molar-refractivity contribution in [1.29, 1.82) is 0 Å². The molecule has 2 aliphatic heterocycles. The van der Waals surface area contributed by atoms with Gasteiger partial charge in [-0.3, -0.25) is 4.79 Å². The van der Waals surface area contributed by atoms with E-state index in [0.29, 0.717) is 32.3 Å². The molecule has 1 unspecified atom stereocenters. The summed E-state index contributed by atoms with van der Waals surface area (Å²) in [6, 6.07) is 9.10. The summed E-state index contributed by atoms with van der Waals surface area (Å²) in [6.07, 6.45) is 6.05. The van der Waals surface area contributed by atoms with E-state index in [1.54, 1.807) is 11.3 Å². The Kier molecular flexibility index (Phi) is 6.11. The quantitative estimate of drug-likeness (QED) is 0.773. The van der Waals surface area contributed by atoms with Crippen LogP contribution in [0.25, 0.3) is 10.1 Å². The number of ether oxygens (including phenoxy) is 1. The summed E-state index contributed by atoms with van der Waals surface area (Å²) >= 11 is 1.68. The summed E-state index contributed by atoms with van der Waals surface area (Å²) in [6.45, 7) is 7.35. The predicted octanol–water partition coefficient (Wildman–Crippen LogP) is 4.18. The minimum Gasteiger partial charge on any atom is -0.378 e. The van der Waals surface area contributed by atoms with Gasteiger partial charge in [0.1, 0.15) is 0 Å². The van der Waals surface area contributed by atoms with Crippen LogP contribution in [0.3, 0.4) is 0 Å². The number of nitrogens with zero attached hydrogens (tertiary/aromatic N) is 2. The zero-order valence-corrected chi connectivity index (χ0v) is 17.1. The van der Waals surface area contributed by atoms with Gasteiger partial charge in [-0.05, 0) is 55.8 Å². The maximum Gasteiger partial charge on any atom is 0.264 e. The SMILES string of the molecule is CCCN1CCCCC1Cc1c(C(=O)N2CCOCC2)sc2ccccc12. The number of morpholine rings is 1. The summed E-state index contributed by atoms with van der Waals surface area (Å²) in [5, 5.41) is 1.28. The predicted molar refractivity (Wildman–Crippen MR) is 112 cm³/mol. The van der Waals surface area contributed by atoms with Gasteiger partial charge < -0.3 is 14.5 Å². The molecule has 0 N–H and O–H groups in total. The van der Waals surface area contributed by atoms with Gasteiger partial charge in [0.25, 0.3) is 5.91 Å². The minimum absolute atomic E-state index is 0.201. The van der Waals surface area contributed by atoms with Gasteiger partial charge in [0, 0.05) is 23.8 Å². The maximum absolute atomic E-state index is 13.3. The van der Waals surface area contributed by atoms with Crippen LogP contribution in [0.5, 0.6) is 0 Å². The third-order valence-electron chi connectivity index (χ3n) is 5.89. The molecule has 1 aromatic heterocycles. The van der Waals surface area contributed by atoms with Crippen LogP contribution in [0.4, 0.5) is 0 Å². The van der Waals surface area contributed by atoms with Crippen LogP contribution in [0.2, 0.25) is 0 Å². The topological polar surface area (TPSA) is 32.8 Å². The van der Waals surface area contributed by atoms with Gasteiger partial charge in [0.05, 0.1) is 18.1 Å². The van der Waals surface area contributed by atoms with E-state index in [1.165, 1.54) is 54.4 Å². The average Bonchev–Trinajstić information content (AvgIpc) is 3.08. The molecule has 2 saturated heterocycles. The fraction of sp³-hybridized carbons (Fsp3) is 0.591. The summed E-state index contributed by atoms with van der Waals surface area (Å²) in [4.78, 5) is 18.9. The molecule has 1 aromatic carbocycles. The van der Waals surface area contributed by atoms with E-state index in [2.05, 4.69) is 36.1 Å². The molecule has 2 aromatic rings. The molecule has 0 spiro atoms. The molecular weight excluding hydrogens is 356 g/mol. The van der Waals surface area contributed by atoms with Gasteiger partial charge in [-0.1, -0.05) is 31.5 Å². The van der Waals surface area contributed by atoms with Crippen LogP contribution in [-0.4, -0.2) is 61.1 Å². The third kappa shape index (κ3) is 4.05. The number of hydrogen-bond donors (Lipinski definition) is 0. The molecule has 3 heterocycles. The van der Waals surface area contributed by atoms with Crippen molar-refractivity contribution in [3.63, 3.8) is 0 Å². The largest absolute Gasteiger partial charge is 0.378 e. The fourth-order valence-electron chi connectivity index (χ4n) is 4.49. The summed E-state index contributed by atoms with van der Waals surface area (Å²) in [5.74, 6) is 0.201. The molecule has 1 atom stereocenters. The zero-order chi connectivity index (χ0) is 18.6. The van der Waals surface area contributed by atoms with E-state index in [9.17, 15) is 4.79 Å². The van der Waals surface area contributed by atoms with Crippen LogP contribution >= 0.6 is 11.3 Å². The Morgan fingerprint density at radius 2 is 2.00 bits per heavy atom. The van der Waals surface area contributed by atoms with Crippen molar-refractivity contribution < 1.29 is 9.53 Å². The van der Waals surface area contributed by atoms with Gasteiger partial charge in [0.15, 0.2) is 0 Å². The number of carbonyl (C=O) groups is 1. The number of thiophene rings is 1. The number of likely N-dealkylation sites (tertiary alicyclic amines) is 1. The maximum atomic E-state index is 13.3. The normalized spacial score (nSPS) is 21.7. The fourth-order valence-corrected chi connectivity index (χ4v) is 5.69. The highest BCUT2D eigenvalue weighted by atomic mass is 32.1. The molecule has 4 rings (SSSR count). The number of hydrogen-bond acceptors (Lipinski definition) is 4. The van der Waals surface area contributed by atoms with Crippen molar-refractivity contribution in [2.45, 2.75) is 45.1 Å². The van der Waals surface area contributed by atoms with Crippen molar-refractivity contribution in [2.75, 3.05) is 39.4 Å². The summed E-state index contributed by atoms with van der Waals surface area (Å²) in [7, 11) is 0. The molecule has 146 valence electrons. The second-order valence-electron chi connectivity index (χ2n) is 7.70. The Bertz CT molecular complexity index is 780. The van der Waals surface area contributed by atoms with Gasteiger partial charge in [-0.2, -0.15) is 0 Å². The molecule has 2 fully saturated rings. The molecule has 5 heteroatoms. The molecule has 27 heavy (non-hydrogen) atoms. The highest BCUT2D eigenvalue weighted by Gasteiger charge is 2.28. The van der Waals surface area contributed by atoms with E-state index < -0.39 is 0 Å². The highest BCUT2D eigenvalue weighted by Crippen LogP contribution is 2.35. The van der Waals surface area contributed by atoms with Crippen LogP contribution in [-0.2, 0) is 11.2 Å². The van der Waals surface area contributed by atoms with Crippen LogP contribution < -0.4 is 0 Å². The third-order valence-corrected chi connectivity index (χ3v) is 7.09. The highest BCUT2D eigenvalue weighted by molar-refractivity contribution is 7.21. The number of carbonyl (C=O) groups excluding carboxylic acids is 1. The van der Waals surface area contributed by atoms with Gasteiger partial charge in [-0.15, -0.1) is 11.3 Å². The molecular formula is C22H30N2O2S. The smallest absolute Gasteiger partial charge is 0.264 e. The van der Waals surface area contributed by atoms with Crippen molar-refractivity contribution in [3.8, 4) is 0 Å². The average molecular weight is 387 g/mol. The van der Waals surface area contributed by atoms with Crippen molar-refractivity contribution in [3.05, 3.63) is 34.7 Å². The second-order valence-corrected chi connectivity index (χ2v) is 8.75. The van der Waals surface area contributed by atoms with Crippen LogP contribution in [0.1, 0.15) is 47.8 Å². The van der Waals surface area contributed by atoms with Gasteiger partial charge in [0.2, 0.25) is 0 Å². The van der Waals surface area contributed by atoms with Crippen LogP contribution in [0.15, 0.2) is 24.3 Å². The zero-order valence-electron chi connectivity index (χ0n) is 16.3. The molecule has 0 saturated carbocycles. The first-order valence-corrected chi connectivity index (χ1v) is 11.2. The molecule has 4 nitrogen and oxygen atoms in total. The van der Waals surface area contributed by atoms with E-state index in [4.69, 9.17) is 4.74 Å². The minimum atomic E-state index is 0.201. The standard InChI is InChI=1S/C22H30N2O2S/c1-2-10-23-11-6-5-7-17(23)16-19-18-8-3-4-9-20(18)27-21(19)22(25)24-12-14-26-15-13-24/h3-4,8-9,17H,2,5-7,10-16H2,1H3. The van der Waals surface area contributed by atoms with Crippen molar-refractivity contribution in [1.82, 2.24) is 9.80 Å². The van der Waals surface area contributed by atoms with Crippen LogP contribution in [0, 0.1) is 0 Å². The van der Waals surface area contributed by atoms with E-state index in [-0.39, 0.29) is 5.91 Å².